The third kappa shape index (κ3) is 4.51. The molecule has 9 heteroatoms. The van der Waals surface area contributed by atoms with Crippen molar-refractivity contribution in [1.82, 2.24) is 15.2 Å². The van der Waals surface area contributed by atoms with Gasteiger partial charge in [-0.3, -0.25) is 14.7 Å². The Morgan fingerprint density at radius 1 is 1.19 bits per heavy atom. The van der Waals surface area contributed by atoms with Gasteiger partial charge < -0.3 is 10.1 Å². The number of H-pyrrole nitrogens is 1. The van der Waals surface area contributed by atoms with Crippen molar-refractivity contribution in [3.63, 3.8) is 0 Å². The molecule has 1 atom stereocenters. The fraction of sp³-hybridized carbons (Fsp3) is 0.391. The smallest absolute Gasteiger partial charge is 0.235 e. The van der Waals surface area contributed by atoms with Gasteiger partial charge in [0.15, 0.2) is 11.6 Å². The van der Waals surface area contributed by atoms with Crippen LogP contribution < -0.4 is 5.32 Å². The number of ether oxygens (including phenoxy) is 1. The molecule has 0 unspecified atom stereocenters. The summed E-state index contributed by atoms with van der Waals surface area (Å²) in [6.07, 6.45) is 5.95. The maximum absolute atomic E-state index is 13.3. The Balaban J connectivity index is 1.30. The fourth-order valence-electron chi connectivity index (χ4n) is 4.18. The monoisotopic (exact) mass is 468 g/mol. The topological polar surface area (TPSA) is 97.0 Å². The van der Waals surface area contributed by atoms with Crippen molar-refractivity contribution in [1.29, 1.82) is 0 Å². The first kappa shape index (κ1) is 21.4. The molecule has 1 fully saturated rings. The van der Waals surface area contributed by atoms with Crippen LogP contribution in [0.4, 0.5) is 5.00 Å². The van der Waals surface area contributed by atoms with Crippen LogP contribution in [0.1, 0.15) is 64.0 Å². The normalized spacial score (nSPS) is 17.8. The Bertz CT molecular complexity index is 1120. The summed E-state index contributed by atoms with van der Waals surface area (Å²) in [6, 6.07) is 9.27. The molecule has 32 heavy (non-hydrogen) atoms. The number of hydrogen-bond acceptors (Lipinski definition) is 7. The number of aromatic nitrogens is 3. The second kappa shape index (κ2) is 9.56. The molecule has 3 heterocycles. The van der Waals surface area contributed by atoms with Gasteiger partial charge in [-0.25, -0.2) is 4.98 Å². The van der Waals surface area contributed by atoms with Crippen molar-refractivity contribution < 1.29 is 14.3 Å². The lowest BCUT2D eigenvalue weighted by molar-refractivity contribution is -0.113. The van der Waals surface area contributed by atoms with Gasteiger partial charge in [0.25, 0.3) is 0 Å². The highest BCUT2D eigenvalue weighted by molar-refractivity contribution is 7.99. The van der Waals surface area contributed by atoms with Gasteiger partial charge in [-0.05, 0) is 44.1 Å². The average Bonchev–Trinajstić information content (AvgIpc) is 3.57. The third-order valence-corrected chi connectivity index (χ3v) is 7.79. The van der Waals surface area contributed by atoms with Crippen LogP contribution in [0.3, 0.4) is 0 Å². The van der Waals surface area contributed by atoms with Crippen molar-refractivity contribution in [3.8, 4) is 0 Å². The van der Waals surface area contributed by atoms with Crippen LogP contribution in [0.5, 0.6) is 0 Å². The predicted octanol–water partition coefficient (Wildman–Crippen LogP) is 4.56. The number of thioether (sulfide) groups is 1. The minimum absolute atomic E-state index is 0.0249. The quantitative estimate of drug-likeness (QED) is 0.390. The molecule has 2 aromatic heterocycles. The van der Waals surface area contributed by atoms with E-state index < -0.39 is 0 Å². The van der Waals surface area contributed by atoms with Crippen LogP contribution in [-0.2, 0) is 22.4 Å². The Morgan fingerprint density at radius 2 is 2.03 bits per heavy atom. The number of hydrogen-bond donors (Lipinski definition) is 2. The predicted molar refractivity (Wildman–Crippen MR) is 124 cm³/mol. The number of carbonyl (C=O) groups excluding carboxylic acids is 2. The van der Waals surface area contributed by atoms with E-state index >= 15 is 0 Å². The summed E-state index contributed by atoms with van der Waals surface area (Å²) < 4.78 is 5.62. The number of nitrogens with one attached hydrogen (secondary N) is 2. The number of rotatable bonds is 7. The second-order valence-electron chi connectivity index (χ2n) is 7.95. The highest BCUT2D eigenvalue weighted by Crippen LogP contribution is 2.39. The van der Waals surface area contributed by atoms with Gasteiger partial charge in [0.2, 0.25) is 11.1 Å². The van der Waals surface area contributed by atoms with E-state index in [0.717, 1.165) is 50.7 Å². The van der Waals surface area contributed by atoms with Crippen LogP contribution in [0.15, 0.2) is 35.5 Å². The second-order valence-corrected chi connectivity index (χ2v) is 10.00. The van der Waals surface area contributed by atoms with Crippen molar-refractivity contribution >= 4 is 39.8 Å². The zero-order valence-electron chi connectivity index (χ0n) is 17.6. The van der Waals surface area contributed by atoms with Gasteiger partial charge in [0.1, 0.15) is 11.1 Å². The molecule has 5 rings (SSSR count). The lowest BCUT2D eigenvalue weighted by Crippen LogP contribution is -2.16. The Morgan fingerprint density at radius 3 is 2.84 bits per heavy atom. The van der Waals surface area contributed by atoms with Crippen molar-refractivity contribution in [2.24, 2.45) is 0 Å². The van der Waals surface area contributed by atoms with E-state index in [1.54, 1.807) is 0 Å². The number of carbonyl (C=O) groups is 2. The van der Waals surface area contributed by atoms with E-state index in [4.69, 9.17) is 4.74 Å². The summed E-state index contributed by atoms with van der Waals surface area (Å²) in [6.45, 7) is 0.741. The van der Waals surface area contributed by atoms with Gasteiger partial charge in [-0.1, -0.05) is 42.1 Å². The molecule has 0 spiro atoms. The standard InChI is InChI=1S/C23H24N4O3S2/c28-18(13-31-23-25-21(26-27-23)16-10-6-12-30-16)24-22-19(15-9-4-5-11-17(15)32-22)20(29)14-7-2-1-3-8-14/h1-3,7-8,16H,4-6,9-13H2,(H,24,28)(H,25,26,27)/t16-/m0/s1. The minimum atomic E-state index is -0.167. The zero-order chi connectivity index (χ0) is 21.9. The highest BCUT2D eigenvalue weighted by atomic mass is 32.2. The molecule has 0 bridgehead atoms. The maximum atomic E-state index is 13.3. The molecule has 0 saturated carbocycles. The van der Waals surface area contributed by atoms with E-state index in [2.05, 4.69) is 20.5 Å². The van der Waals surface area contributed by atoms with Crippen LogP contribution in [0, 0.1) is 0 Å². The largest absolute Gasteiger partial charge is 0.370 e. The molecule has 1 amide bonds. The molecular weight excluding hydrogens is 444 g/mol. The minimum Gasteiger partial charge on any atom is -0.370 e. The van der Waals surface area contributed by atoms with Crippen molar-refractivity contribution in [3.05, 3.63) is 57.7 Å². The summed E-state index contributed by atoms with van der Waals surface area (Å²) in [4.78, 5) is 31.7. The van der Waals surface area contributed by atoms with Gasteiger partial charge in [-0.15, -0.1) is 16.4 Å². The molecule has 2 N–H and O–H groups in total. The van der Waals surface area contributed by atoms with Crippen LogP contribution in [-0.4, -0.2) is 39.2 Å². The molecular formula is C23H24N4O3S2. The molecule has 0 radical (unpaired) electrons. The summed E-state index contributed by atoms with van der Waals surface area (Å²) in [5, 5.41) is 11.3. The molecule has 2 aliphatic rings. The van der Waals surface area contributed by atoms with Gasteiger partial charge in [0, 0.05) is 17.0 Å². The Labute approximate surface area is 194 Å². The maximum Gasteiger partial charge on any atom is 0.235 e. The van der Waals surface area contributed by atoms with E-state index in [9.17, 15) is 9.59 Å². The summed E-state index contributed by atoms with van der Waals surface area (Å²) >= 11 is 2.81. The summed E-state index contributed by atoms with van der Waals surface area (Å²) in [7, 11) is 0. The number of aromatic amines is 1. The number of anilines is 1. The molecule has 166 valence electrons. The lowest BCUT2D eigenvalue weighted by atomic mass is 9.92. The van der Waals surface area contributed by atoms with Crippen LogP contribution >= 0.6 is 23.1 Å². The SMILES string of the molecule is O=C(CSc1n[nH]c([C@@H]2CCCO2)n1)Nc1sc2c(c1C(=O)c1ccccc1)CCCC2. The number of benzene rings is 1. The Kier molecular flexibility index (Phi) is 6.38. The molecule has 1 aliphatic heterocycles. The molecule has 1 saturated heterocycles. The van der Waals surface area contributed by atoms with Crippen LogP contribution in [0.2, 0.25) is 0 Å². The zero-order valence-corrected chi connectivity index (χ0v) is 19.2. The molecule has 7 nitrogen and oxygen atoms in total. The van der Waals surface area contributed by atoms with E-state index in [1.165, 1.54) is 28.0 Å². The fourth-order valence-corrected chi connectivity index (χ4v) is 6.09. The molecule has 1 aromatic carbocycles. The number of amides is 1. The molecule has 1 aliphatic carbocycles. The first-order chi connectivity index (χ1) is 15.7. The lowest BCUT2D eigenvalue weighted by Gasteiger charge is -2.12. The van der Waals surface area contributed by atoms with Crippen molar-refractivity contribution in [2.75, 3.05) is 17.7 Å². The van der Waals surface area contributed by atoms with E-state index in [-0.39, 0.29) is 23.5 Å². The van der Waals surface area contributed by atoms with Gasteiger partial charge in [-0.2, -0.15) is 0 Å². The number of thiophene rings is 1. The van der Waals surface area contributed by atoms with Gasteiger partial charge in [0.05, 0.1) is 11.3 Å². The summed E-state index contributed by atoms with van der Waals surface area (Å²) in [5.41, 5.74) is 2.41. The average molecular weight is 469 g/mol. The number of fused-ring (bicyclic) bond motifs is 1. The molecule has 3 aromatic rings. The number of nitrogens with zero attached hydrogens (tertiary/aromatic N) is 2. The van der Waals surface area contributed by atoms with E-state index in [1.807, 2.05) is 30.3 Å². The number of aryl methyl sites for hydroxylation is 1. The van der Waals surface area contributed by atoms with Crippen molar-refractivity contribution in [2.45, 2.75) is 49.8 Å². The van der Waals surface area contributed by atoms with E-state index in [0.29, 0.717) is 27.1 Å². The Hall–Kier alpha value is -2.49. The van der Waals surface area contributed by atoms with Gasteiger partial charge >= 0.3 is 0 Å². The number of ketones is 1. The van der Waals surface area contributed by atoms with Crippen LogP contribution in [0.25, 0.3) is 0 Å². The first-order valence-corrected chi connectivity index (χ1v) is 12.7. The highest BCUT2D eigenvalue weighted by Gasteiger charge is 2.27. The third-order valence-electron chi connectivity index (χ3n) is 5.74. The summed E-state index contributed by atoms with van der Waals surface area (Å²) in [5.74, 6) is 0.694. The first-order valence-electron chi connectivity index (χ1n) is 10.9.